The number of fused-ring (bicyclic) bond motifs is 1. The van der Waals surface area contributed by atoms with E-state index in [2.05, 4.69) is 15.0 Å². The number of rotatable bonds is 4. The van der Waals surface area contributed by atoms with Crippen molar-refractivity contribution in [2.75, 3.05) is 31.1 Å². The molecule has 0 spiro atoms. The van der Waals surface area contributed by atoms with Gasteiger partial charge in [0, 0.05) is 44.1 Å². The van der Waals surface area contributed by atoms with Crippen molar-refractivity contribution in [1.29, 1.82) is 0 Å². The van der Waals surface area contributed by atoms with Gasteiger partial charge in [-0.15, -0.1) is 0 Å². The van der Waals surface area contributed by atoms with Gasteiger partial charge in [0.1, 0.15) is 5.82 Å². The van der Waals surface area contributed by atoms with Gasteiger partial charge in [0.15, 0.2) is 0 Å². The minimum absolute atomic E-state index is 0.0792. The van der Waals surface area contributed by atoms with Gasteiger partial charge in [0.25, 0.3) is 11.5 Å². The van der Waals surface area contributed by atoms with E-state index in [1.54, 1.807) is 47.6 Å². The average Bonchev–Trinajstić information content (AvgIpc) is 2.87. The first-order valence-electron chi connectivity index (χ1n) is 10.8. The SMILES string of the molecule is O=C(c1cccc(Cn2c(=O)[nH]c(=O)c3c(F)cccc32)c1)N1CCN(c2ncccn2)CC1. The van der Waals surface area contributed by atoms with Crippen LogP contribution in [0.2, 0.25) is 0 Å². The molecule has 1 saturated heterocycles. The standard InChI is InChI=1S/C24H21FN6O3/c25-18-6-2-7-19-20(18)21(32)28-24(34)31(19)15-16-4-1-5-17(14-16)22(33)29-10-12-30(13-11-29)23-26-8-3-9-27-23/h1-9,14H,10-13,15H2,(H,28,32,34). The van der Waals surface area contributed by atoms with E-state index in [-0.39, 0.29) is 23.4 Å². The molecule has 2 aromatic heterocycles. The third-order valence-electron chi connectivity index (χ3n) is 5.89. The molecule has 0 bridgehead atoms. The Morgan fingerprint density at radius 2 is 1.71 bits per heavy atom. The number of aromatic amines is 1. The number of aromatic nitrogens is 4. The summed E-state index contributed by atoms with van der Waals surface area (Å²) < 4.78 is 15.5. The van der Waals surface area contributed by atoms with Crippen molar-refractivity contribution in [3.05, 3.63) is 98.7 Å². The van der Waals surface area contributed by atoms with Gasteiger partial charge in [-0.25, -0.2) is 19.2 Å². The first-order chi connectivity index (χ1) is 16.5. The molecule has 5 rings (SSSR count). The van der Waals surface area contributed by atoms with Crippen LogP contribution in [0.3, 0.4) is 0 Å². The highest BCUT2D eigenvalue weighted by atomic mass is 19.1. The Kier molecular flexibility index (Phi) is 5.62. The highest BCUT2D eigenvalue weighted by molar-refractivity contribution is 5.94. The Hall–Kier alpha value is -4.34. The van der Waals surface area contributed by atoms with Gasteiger partial charge in [0.2, 0.25) is 5.95 Å². The van der Waals surface area contributed by atoms with Crippen LogP contribution in [0, 0.1) is 5.82 Å². The topological polar surface area (TPSA) is 104 Å². The molecule has 1 N–H and O–H groups in total. The molecule has 0 radical (unpaired) electrons. The number of amides is 1. The number of carbonyl (C=O) groups is 1. The largest absolute Gasteiger partial charge is 0.337 e. The summed E-state index contributed by atoms with van der Waals surface area (Å²) >= 11 is 0. The first kappa shape index (κ1) is 21.5. The second-order valence-corrected chi connectivity index (χ2v) is 8.01. The quantitative estimate of drug-likeness (QED) is 0.497. The summed E-state index contributed by atoms with van der Waals surface area (Å²) in [4.78, 5) is 52.2. The van der Waals surface area contributed by atoms with E-state index in [4.69, 9.17) is 0 Å². The zero-order valence-corrected chi connectivity index (χ0v) is 18.1. The molecule has 3 heterocycles. The Balaban J connectivity index is 1.36. The van der Waals surface area contributed by atoms with Gasteiger partial charge < -0.3 is 9.80 Å². The van der Waals surface area contributed by atoms with Crippen LogP contribution in [0.5, 0.6) is 0 Å². The van der Waals surface area contributed by atoms with Gasteiger partial charge in [-0.2, -0.15) is 0 Å². The van der Waals surface area contributed by atoms with Crippen molar-refractivity contribution in [3.63, 3.8) is 0 Å². The number of nitrogens with one attached hydrogen (secondary N) is 1. The van der Waals surface area contributed by atoms with E-state index in [0.717, 1.165) is 0 Å². The molecule has 1 aliphatic rings. The predicted molar refractivity (Wildman–Crippen MR) is 124 cm³/mol. The van der Waals surface area contributed by atoms with Crippen LogP contribution in [-0.4, -0.2) is 56.5 Å². The molecule has 172 valence electrons. The molecule has 0 atom stereocenters. The van der Waals surface area contributed by atoms with Crippen molar-refractivity contribution in [3.8, 4) is 0 Å². The molecule has 1 amide bonds. The highest BCUT2D eigenvalue weighted by Crippen LogP contribution is 2.16. The summed E-state index contributed by atoms with van der Waals surface area (Å²) in [6, 6.07) is 12.9. The van der Waals surface area contributed by atoms with E-state index in [0.29, 0.717) is 43.3 Å². The molecule has 10 heteroatoms. The minimum Gasteiger partial charge on any atom is -0.337 e. The van der Waals surface area contributed by atoms with Gasteiger partial charge in [-0.05, 0) is 35.9 Å². The third-order valence-corrected chi connectivity index (χ3v) is 5.89. The molecule has 1 aliphatic heterocycles. The molecule has 0 unspecified atom stereocenters. The summed E-state index contributed by atoms with van der Waals surface area (Å²) in [6.45, 7) is 2.39. The maximum atomic E-state index is 14.2. The molecular weight excluding hydrogens is 439 g/mol. The molecule has 0 aliphatic carbocycles. The Morgan fingerprint density at radius 3 is 2.47 bits per heavy atom. The molecular formula is C24H21FN6O3. The summed E-state index contributed by atoms with van der Waals surface area (Å²) in [6.07, 6.45) is 3.38. The smallest absolute Gasteiger partial charge is 0.329 e. The lowest BCUT2D eigenvalue weighted by Gasteiger charge is -2.34. The van der Waals surface area contributed by atoms with Crippen LogP contribution in [0.25, 0.3) is 10.9 Å². The van der Waals surface area contributed by atoms with Crippen LogP contribution in [0.15, 0.2) is 70.5 Å². The van der Waals surface area contributed by atoms with Gasteiger partial charge >= 0.3 is 5.69 Å². The van der Waals surface area contributed by atoms with Crippen molar-refractivity contribution >= 4 is 22.8 Å². The Bertz CT molecular complexity index is 1480. The zero-order valence-electron chi connectivity index (χ0n) is 18.1. The molecule has 9 nitrogen and oxygen atoms in total. The fraction of sp³-hybridized carbons (Fsp3) is 0.208. The summed E-state index contributed by atoms with van der Waals surface area (Å²) in [7, 11) is 0. The lowest BCUT2D eigenvalue weighted by Crippen LogP contribution is -2.49. The van der Waals surface area contributed by atoms with E-state index in [1.165, 1.54) is 22.8 Å². The van der Waals surface area contributed by atoms with E-state index in [1.807, 2.05) is 4.90 Å². The van der Waals surface area contributed by atoms with E-state index < -0.39 is 17.1 Å². The van der Waals surface area contributed by atoms with Crippen molar-refractivity contribution in [2.24, 2.45) is 0 Å². The van der Waals surface area contributed by atoms with Crippen LogP contribution >= 0.6 is 0 Å². The van der Waals surface area contributed by atoms with E-state index >= 15 is 0 Å². The van der Waals surface area contributed by atoms with Crippen molar-refractivity contribution in [2.45, 2.75) is 6.54 Å². The summed E-state index contributed by atoms with van der Waals surface area (Å²) in [5, 5.41) is -0.172. The zero-order chi connectivity index (χ0) is 23.7. The summed E-state index contributed by atoms with van der Waals surface area (Å²) in [5.74, 6) is -0.164. The monoisotopic (exact) mass is 460 g/mol. The number of hydrogen-bond donors (Lipinski definition) is 1. The van der Waals surface area contributed by atoms with Crippen LogP contribution < -0.4 is 16.1 Å². The van der Waals surface area contributed by atoms with Crippen molar-refractivity contribution in [1.82, 2.24) is 24.4 Å². The fourth-order valence-electron chi connectivity index (χ4n) is 4.19. The maximum absolute atomic E-state index is 14.2. The minimum atomic E-state index is -0.765. The molecule has 4 aromatic rings. The lowest BCUT2D eigenvalue weighted by molar-refractivity contribution is 0.0746. The number of H-pyrrole nitrogens is 1. The maximum Gasteiger partial charge on any atom is 0.329 e. The highest BCUT2D eigenvalue weighted by Gasteiger charge is 2.23. The number of carbonyl (C=O) groups excluding carboxylic acids is 1. The van der Waals surface area contributed by atoms with E-state index in [9.17, 15) is 18.8 Å². The lowest BCUT2D eigenvalue weighted by atomic mass is 10.1. The molecule has 0 saturated carbocycles. The van der Waals surface area contributed by atoms with Crippen LogP contribution in [0.1, 0.15) is 15.9 Å². The van der Waals surface area contributed by atoms with Gasteiger partial charge in [0.05, 0.1) is 17.4 Å². The predicted octanol–water partition coefficient (Wildman–Crippen LogP) is 1.63. The number of anilines is 1. The molecule has 1 fully saturated rings. The molecule has 2 aromatic carbocycles. The van der Waals surface area contributed by atoms with Gasteiger partial charge in [-0.3, -0.25) is 19.1 Å². The molecule has 34 heavy (non-hydrogen) atoms. The number of benzene rings is 2. The Labute approximate surface area is 193 Å². The van der Waals surface area contributed by atoms with Crippen molar-refractivity contribution < 1.29 is 9.18 Å². The third kappa shape index (κ3) is 4.05. The second kappa shape index (κ2) is 8.89. The first-order valence-corrected chi connectivity index (χ1v) is 10.8. The summed E-state index contributed by atoms with van der Waals surface area (Å²) in [5.41, 5.74) is -0.0288. The Morgan fingerprint density at radius 1 is 0.971 bits per heavy atom. The average molecular weight is 460 g/mol. The number of piperazine rings is 1. The fourth-order valence-corrected chi connectivity index (χ4v) is 4.19. The van der Waals surface area contributed by atoms with Gasteiger partial charge in [-0.1, -0.05) is 18.2 Å². The number of hydrogen-bond acceptors (Lipinski definition) is 6. The number of nitrogens with zero attached hydrogens (tertiary/aromatic N) is 5. The second-order valence-electron chi connectivity index (χ2n) is 8.01. The number of halogens is 1. The normalized spacial score (nSPS) is 13.9. The van der Waals surface area contributed by atoms with Crippen LogP contribution in [0.4, 0.5) is 10.3 Å². The van der Waals surface area contributed by atoms with Crippen LogP contribution in [-0.2, 0) is 6.54 Å².